The maximum Gasteiger partial charge on any atom is 0.161 e. The molecule has 0 bridgehead atoms. The van der Waals surface area contributed by atoms with E-state index in [0.29, 0.717) is 29.7 Å². The molecule has 5 heteroatoms. The number of H-pyrrole nitrogens is 1. The van der Waals surface area contributed by atoms with Gasteiger partial charge in [0.25, 0.3) is 0 Å². The van der Waals surface area contributed by atoms with Crippen molar-refractivity contribution < 1.29 is 8.78 Å². The maximum atomic E-state index is 13.2. The van der Waals surface area contributed by atoms with Crippen LogP contribution in [0.2, 0.25) is 0 Å². The van der Waals surface area contributed by atoms with E-state index in [1.807, 2.05) is 0 Å². The molecule has 1 aromatic heterocycles. The van der Waals surface area contributed by atoms with Crippen LogP contribution in [0, 0.1) is 11.6 Å². The van der Waals surface area contributed by atoms with Crippen molar-refractivity contribution in [3.63, 3.8) is 0 Å². The molecule has 0 radical (unpaired) electrons. The number of nitrogens with zero attached hydrogens (tertiary/aromatic N) is 2. The fourth-order valence-corrected chi connectivity index (χ4v) is 3.09. The van der Waals surface area contributed by atoms with Crippen molar-refractivity contribution in [1.82, 2.24) is 14.9 Å². The van der Waals surface area contributed by atoms with Gasteiger partial charge in [-0.25, -0.2) is 13.8 Å². The minimum absolute atomic E-state index is 0.483. The fraction of sp³-hybridized carbons (Fsp3) is 0.533. The van der Waals surface area contributed by atoms with Crippen molar-refractivity contribution in [1.29, 1.82) is 0 Å². The van der Waals surface area contributed by atoms with Crippen LogP contribution in [-0.2, 0) is 6.54 Å². The lowest BCUT2D eigenvalue weighted by Crippen LogP contribution is -2.43. The lowest BCUT2D eigenvalue weighted by molar-refractivity contribution is 0.0926. The number of rotatable bonds is 2. The van der Waals surface area contributed by atoms with E-state index in [9.17, 15) is 8.78 Å². The van der Waals surface area contributed by atoms with Crippen molar-refractivity contribution >= 4 is 11.0 Å². The minimum Gasteiger partial charge on any atom is -0.341 e. The molecule has 108 valence electrons. The Morgan fingerprint density at radius 2 is 1.85 bits per heavy atom. The number of fused-ring (bicyclic) bond motifs is 1. The Hall–Kier alpha value is -1.49. The van der Waals surface area contributed by atoms with Crippen LogP contribution in [-0.4, -0.2) is 27.0 Å². The van der Waals surface area contributed by atoms with Gasteiger partial charge in [0, 0.05) is 24.2 Å². The summed E-state index contributed by atoms with van der Waals surface area (Å²) in [6.45, 7) is 5.13. The highest BCUT2D eigenvalue weighted by molar-refractivity contribution is 5.75. The molecule has 1 aliphatic rings. The third kappa shape index (κ3) is 2.42. The standard InChI is InChI=1S/C15H19F2N3/c1-9-4-3-5-10(2)20(9)8-15-18-13-6-11(16)12(17)7-14(13)19-15/h6-7,9-10H,3-5,8H2,1-2H3,(H,18,19). The van der Waals surface area contributed by atoms with E-state index in [0.717, 1.165) is 11.9 Å². The summed E-state index contributed by atoms with van der Waals surface area (Å²) in [5.41, 5.74) is 1.03. The first-order valence-corrected chi connectivity index (χ1v) is 7.14. The van der Waals surface area contributed by atoms with Gasteiger partial charge in [-0.15, -0.1) is 0 Å². The number of imidazole rings is 1. The summed E-state index contributed by atoms with van der Waals surface area (Å²) in [4.78, 5) is 9.86. The summed E-state index contributed by atoms with van der Waals surface area (Å²) in [5.74, 6) is -0.923. The predicted octanol–water partition coefficient (Wildman–Crippen LogP) is 3.60. The van der Waals surface area contributed by atoms with E-state index < -0.39 is 11.6 Å². The van der Waals surface area contributed by atoms with Crippen LogP contribution in [0.1, 0.15) is 38.9 Å². The molecule has 0 spiro atoms. The summed E-state index contributed by atoms with van der Waals surface area (Å²) >= 11 is 0. The number of aromatic nitrogens is 2. The summed E-state index contributed by atoms with van der Waals surface area (Å²) in [5, 5.41) is 0. The molecule has 1 aromatic carbocycles. The van der Waals surface area contributed by atoms with E-state index in [4.69, 9.17) is 0 Å². The molecule has 3 nitrogen and oxygen atoms in total. The van der Waals surface area contributed by atoms with Crippen LogP contribution < -0.4 is 0 Å². The van der Waals surface area contributed by atoms with Gasteiger partial charge in [0.1, 0.15) is 5.82 Å². The molecule has 3 rings (SSSR count). The number of halogens is 2. The Morgan fingerprint density at radius 3 is 2.55 bits per heavy atom. The van der Waals surface area contributed by atoms with Crippen molar-refractivity contribution in [2.75, 3.05) is 0 Å². The van der Waals surface area contributed by atoms with Crippen LogP contribution in [0.4, 0.5) is 8.78 Å². The van der Waals surface area contributed by atoms with Crippen molar-refractivity contribution in [3.05, 3.63) is 29.6 Å². The number of aromatic amines is 1. The number of hydrogen-bond donors (Lipinski definition) is 1. The maximum absolute atomic E-state index is 13.2. The largest absolute Gasteiger partial charge is 0.341 e. The lowest BCUT2D eigenvalue weighted by Gasteiger charge is -2.38. The van der Waals surface area contributed by atoms with Crippen LogP contribution in [0.5, 0.6) is 0 Å². The summed E-state index contributed by atoms with van der Waals surface area (Å²) in [6.07, 6.45) is 3.64. The van der Waals surface area contributed by atoms with Gasteiger partial charge in [0.05, 0.1) is 17.6 Å². The average Bonchev–Trinajstić information content (AvgIpc) is 2.76. The van der Waals surface area contributed by atoms with Gasteiger partial charge in [-0.05, 0) is 26.7 Å². The second-order valence-electron chi connectivity index (χ2n) is 5.77. The van der Waals surface area contributed by atoms with Gasteiger partial charge in [-0.1, -0.05) is 6.42 Å². The summed E-state index contributed by atoms with van der Waals surface area (Å²) < 4.78 is 26.4. The zero-order valence-corrected chi connectivity index (χ0v) is 11.8. The molecule has 0 saturated carbocycles. The van der Waals surface area contributed by atoms with Gasteiger partial charge in [-0.2, -0.15) is 0 Å². The van der Waals surface area contributed by atoms with E-state index in [1.54, 1.807) is 0 Å². The fourth-order valence-electron chi connectivity index (χ4n) is 3.09. The van der Waals surface area contributed by atoms with Crippen LogP contribution in [0.15, 0.2) is 12.1 Å². The molecule has 20 heavy (non-hydrogen) atoms. The number of likely N-dealkylation sites (tertiary alicyclic amines) is 1. The molecule has 2 aromatic rings. The molecule has 1 aliphatic heterocycles. The van der Waals surface area contributed by atoms with Gasteiger partial charge < -0.3 is 4.98 Å². The zero-order valence-electron chi connectivity index (χ0n) is 11.8. The molecular formula is C15H19F2N3. The first-order chi connectivity index (χ1) is 9.54. The van der Waals surface area contributed by atoms with E-state index in [-0.39, 0.29) is 0 Å². The van der Waals surface area contributed by atoms with Crippen LogP contribution >= 0.6 is 0 Å². The minimum atomic E-state index is -0.852. The van der Waals surface area contributed by atoms with Gasteiger partial charge in [0.2, 0.25) is 0 Å². The molecule has 1 fully saturated rings. The highest BCUT2D eigenvalue weighted by Crippen LogP contribution is 2.25. The molecule has 0 amide bonds. The number of piperidine rings is 1. The molecular weight excluding hydrogens is 260 g/mol. The van der Waals surface area contributed by atoms with Gasteiger partial charge in [-0.3, -0.25) is 4.90 Å². The lowest BCUT2D eigenvalue weighted by atomic mass is 9.98. The van der Waals surface area contributed by atoms with E-state index in [1.165, 1.54) is 25.3 Å². The van der Waals surface area contributed by atoms with Gasteiger partial charge >= 0.3 is 0 Å². The molecule has 2 atom stereocenters. The van der Waals surface area contributed by atoms with Crippen molar-refractivity contribution in [2.45, 2.75) is 51.7 Å². The van der Waals surface area contributed by atoms with Crippen LogP contribution in [0.3, 0.4) is 0 Å². The SMILES string of the molecule is CC1CCCC(C)N1Cc1nc2cc(F)c(F)cc2[nH]1. The van der Waals surface area contributed by atoms with Gasteiger partial charge in [0.15, 0.2) is 11.6 Å². The number of benzene rings is 1. The third-order valence-electron chi connectivity index (χ3n) is 4.28. The second kappa shape index (κ2) is 5.13. The Morgan fingerprint density at radius 1 is 1.20 bits per heavy atom. The monoisotopic (exact) mass is 279 g/mol. The predicted molar refractivity (Wildman–Crippen MR) is 74.3 cm³/mol. The highest BCUT2D eigenvalue weighted by atomic mass is 19.2. The Kier molecular flexibility index (Phi) is 3.46. The smallest absolute Gasteiger partial charge is 0.161 e. The number of nitrogens with one attached hydrogen (secondary N) is 1. The van der Waals surface area contributed by atoms with E-state index in [2.05, 4.69) is 28.7 Å². The molecule has 2 heterocycles. The average molecular weight is 279 g/mol. The zero-order chi connectivity index (χ0) is 14.3. The Bertz CT molecular complexity index is 574. The topological polar surface area (TPSA) is 31.9 Å². The normalized spacial score (nSPS) is 24.4. The Labute approximate surface area is 117 Å². The number of hydrogen-bond acceptors (Lipinski definition) is 2. The summed E-state index contributed by atoms with van der Waals surface area (Å²) in [7, 11) is 0. The highest BCUT2D eigenvalue weighted by Gasteiger charge is 2.25. The molecule has 1 N–H and O–H groups in total. The van der Waals surface area contributed by atoms with Crippen molar-refractivity contribution in [3.8, 4) is 0 Å². The van der Waals surface area contributed by atoms with Crippen LogP contribution in [0.25, 0.3) is 11.0 Å². The Balaban J connectivity index is 1.87. The third-order valence-corrected chi connectivity index (χ3v) is 4.28. The molecule has 1 saturated heterocycles. The first-order valence-electron chi connectivity index (χ1n) is 7.14. The molecule has 0 aliphatic carbocycles. The second-order valence-corrected chi connectivity index (χ2v) is 5.77. The quantitative estimate of drug-likeness (QED) is 0.910. The summed E-state index contributed by atoms with van der Waals surface area (Å²) in [6, 6.07) is 3.35. The first kappa shape index (κ1) is 13.5. The van der Waals surface area contributed by atoms with Crippen molar-refractivity contribution in [2.24, 2.45) is 0 Å². The van der Waals surface area contributed by atoms with E-state index >= 15 is 0 Å². The molecule has 2 unspecified atom stereocenters.